The number of amides is 3. The Kier molecular flexibility index (Phi) is 9.11. The minimum atomic E-state index is -0.939. The number of ether oxygens (including phenoxy) is 2. The molecule has 3 aliphatic rings. The van der Waals surface area contributed by atoms with Crippen LogP contribution in [0, 0.1) is 0 Å². The van der Waals surface area contributed by atoms with Gasteiger partial charge in [-0.15, -0.1) is 11.8 Å². The first-order valence-corrected chi connectivity index (χ1v) is 16.6. The Labute approximate surface area is 281 Å². The van der Waals surface area contributed by atoms with Crippen LogP contribution < -0.4 is 10.6 Å². The van der Waals surface area contributed by atoms with Crippen molar-refractivity contribution in [2.75, 3.05) is 12.3 Å². The predicted molar refractivity (Wildman–Crippen MR) is 178 cm³/mol. The van der Waals surface area contributed by atoms with Crippen LogP contribution in [0.4, 0.5) is 4.79 Å². The van der Waals surface area contributed by atoms with Gasteiger partial charge in [0.05, 0.1) is 0 Å². The van der Waals surface area contributed by atoms with Crippen LogP contribution in [0.3, 0.4) is 0 Å². The highest BCUT2D eigenvalue weighted by atomic mass is 35.5. The molecule has 1 aromatic heterocycles. The number of pyridine rings is 1. The monoisotopic (exact) mass is 672 g/mol. The van der Waals surface area contributed by atoms with Crippen molar-refractivity contribution in [3.8, 4) is 0 Å². The number of halogens is 1. The zero-order chi connectivity index (χ0) is 33.3. The lowest BCUT2D eigenvalue weighted by Gasteiger charge is -2.50. The second-order valence-corrected chi connectivity index (χ2v) is 13.6. The number of nitrogens with one attached hydrogen (secondary N) is 2. The highest BCUT2D eigenvalue weighted by Gasteiger charge is 2.55. The number of β-lactam (4-membered cyclic amide) rings is 1. The van der Waals surface area contributed by atoms with Crippen LogP contribution >= 0.6 is 23.4 Å². The number of carbonyl (C=O) groups is 4. The topological polar surface area (TPSA) is 127 Å². The van der Waals surface area contributed by atoms with Gasteiger partial charge in [0.25, 0.3) is 5.91 Å². The van der Waals surface area contributed by atoms with Gasteiger partial charge < -0.3 is 20.1 Å². The summed E-state index contributed by atoms with van der Waals surface area (Å²) in [5.41, 5.74) is 2.43. The Morgan fingerprint density at radius 1 is 1.02 bits per heavy atom. The van der Waals surface area contributed by atoms with Crippen LogP contribution in [0.25, 0.3) is 5.57 Å². The summed E-state index contributed by atoms with van der Waals surface area (Å²) in [6.45, 7) is 5.60. The second-order valence-electron chi connectivity index (χ2n) is 12.2. The van der Waals surface area contributed by atoms with Gasteiger partial charge in [0.2, 0.25) is 5.91 Å². The van der Waals surface area contributed by atoms with Gasteiger partial charge in [0, 0.05) is 35.2 Å². The fourth-order valence-corrected chi connectivity index (χ4v) is 7.39. The van der Waals surface area contributed by atoms with E-state index in [0.29, 0.717) is 35.2 Å². The summed E-state index contributed by atoms with van der Waals surface area (Å²) in [7, 11) is 0. The number of carbonyl (C=O) groups excluding carboxylic acids is 4. The third-order valence-corrected chi connectivity index (χ3v) is 9.41. The maximum Gasteiger partial charge on any atom is 0.408 e. The number of fused-ring (bicyclic) bond motifs is 1. The highest BCUT2D eigenvalue weighted by Crippen LogP contribution is 2.47. The number of allylic oxidation sites excluding steroid dienone is 1. The van der Waals surface area contributed by atoms with Gasteiger partial charge in [0.1, 0.15) is 27.9 Å². The maximum absolute atomic E-state index is 14.6. The van der Waals surface area contributed by atoms with Crippen molar-refractivity contribution in [3.63, 3.8) is 0 Å². The average Bonchev–Trinajstić information content (AvgIpc) is 3.48. The van der Waals surface area contributed by atoms with E-state index in [1.165, 1.54) is 22.9 Å². The Morgan fingerprint density at radius 3 is 2.26 bits per heavy atom. The molecule has 2 atom stereocenters. The van der Waals surface area contributed by atoms with E-state index in [9.17, 15) is 19.2 Å². The molecule has 2 saturated heterocycles. The molecule has 3 aromatic rings. The molecule has 0 saturated carbocycles. The zero-order valence-electron chi connectivity index (χ0n) is 26.0. The Hall–Kier alpha value is -4.61. The van der Waals surface area contributed by atoms with Crippen LogP contribution in [0.15, 0.2) is 95.8 Å². The molecular formula is C35H33ClN4O6S. The molecule has 2 fully saturated rings. The fourth-order valence-electron chi connectivity index (χ4n) is 5.82. The number of esters is 1. The summed E-state index contributed by atoms with van der Waals surface area (Å²) in [6.07, 6.45) is 0.378. The molecule has 12 heteroatoms. The van der Waals surface area contributed by atoms with E-state index in [0.717, 1.165) is 11.1 Å². The Balaban J connectivity index is 1.47. The quantitative estimate of drug-likeness (QED) is 0.148. The minimum absolute atomic E-state index is 0.0139. The van der Waals surface area contributed by atoms with Gasteiger partial charge in [-0.05, 0) is 56.0 Å². The molecule has 0 spiro atoms. The number of benzene rings is 2. The number of aromatic nitrogens is 1. The van der Waals surface area contributed by atoms with Crippen LogP contribution in [0.1, 0.15) is 50.0 Å². The van der Waals surface area contributed by atoms with Crippen LogP contribution in [0.5, 0.6) is 0 Å². The van der Waals surface area contributed by atoms with E-state index < -0.39 is 41.1 Å². The summed E-state index contributed by atoms with van der Waals surface area (Å²) < 4.78 is 11.7. The smallest absolute Gasteiger partial charge is 0.408 e. The van der Waals surface area contributed by atoms with E-state index in [1.54, 1.807) is 32.9 Å². The van der Waals surface area contributed by atoms with Crippen LogP contribution in [0.2, 0.25) is 5.15 Å². The highest BCUT2D eigenvalue weighted by molar-refractivity contribution is 8.00. The molecule has 2 N–H and O–H groups in total. The number of hydrogen-bond donors (Lipinski definition) is 2. The lowest BCUT2D eigenvalue weighted by Crippen LogP contribution is -2.70. The van der Waals surface area contributed by atoms with Crippen molar-refractivity contribution in [2.45, 2.75) is 50.3 Å². The SMILES string of the molecule is CC(C)(C)OC(=O)N[C@@H]1C(=O)N2C(C(=O)OC(c3ccccc3)c3ccccc3)=C(C(=C3CCNC3=O)c3cccnc3Cl)CS[C@H]12. The predicted octanol–water partition coefficient (Wildman–Crippen LogP) is 5.40. The van der Waals surface area contributed by atoms with Crippen molar-refractivity contribution in [3.05, 3.63) is 118 Å². The second kappa shape index (κ2) is 13.2. The molecule has 0 radical (unpaired) electrons. The molecule has 3 amide bonds. The van der Waals surface area contributed by atoms with Crippen LogP contribution in [-0.2, 0) is 23.9 Å². The van der Waals surface area contributed by atoms with E-state index >= 15 is 0 Å². The average molecular weight is 673 g/mol. The third-order valence-electron chi connectivity index (χ3n) is 7.83. The lowest BCUT2D eigenvalue weighted by molar-refractivity contribution is -0.153. The van der Waals surface area contributed by atoms with E-state index in [4.69, 9.17) is 21.1 Å². The largest absolute Gasteiger partial charge is 0.448 e. The van der Waals surface area contributed by atoms with Gasteiger partial charge in [-0.2, -0.15) is 0 Å². The minimum Gasteiger partial charge on any atom is -0.448 e. The summed E-state index contributed by atoms with van der Waals surface area (Å²) >= 11 is 7.97. The van der Waals surface area contributed by atoms with Gasteiger partial charge in [-0.1, -0.05) is 72.3 Å². The van der Waals surface area contributed by atoms with E-state index in [1.807, 2.05) is 60.7 Å². The molecule has 0 bridgehead atoms. The summed E-state index contributed by atoms with van der Waals surface area (Å²) in [5.74, 6) is -1.35. The van der Waals surface area contributed by atoms with E-state index in [-0.39, 0.29) is 22.5 Å². The molecule has 4 heterocycles. The molecule has 10 nitrogen and oxygen atoms in total. The summed E-state index contributed by atoms with van der Waals surface area (Å²) in [4.78, 5) is 59.8. The van der Waals surface area contributed by atoms with Gasteiger partial charge >= 0.3 is 12.1 Å². The normalized spacial score (nSPS) is 20.3. The van der Waals surface area contributed by atoms with E-state index in [2.05, 4.69) is 15.6 Å². The van der Waals surface area contributed by atoms with Gasteiger partial charge in [0.15, 0.2) is 6.10 Å². The third kappa shape index (κ3) is 6.63. The molecule has 0 unspecified atom stereocenters. The summed E-state index contributed by atoms with van der Waals surface area (Å²) in [5, 5.41) is 5.03. The first-order valence-electron chi connectivity index (χ1n) is 15.1. The first kappa shape index (κ1) is 32.3. The lowest BCUT2D eigenvalue weighted by atomic mass is 9.90. The number of alkyl carbamates (subject to hydrolysis) is 1. The van der Waals surface area contributed by atoms with Crippen molar-refractivity contribution in [1.29, 1.82) is 0 Å². The van der Waals surface area contributed by atoms with Crippen molar-refractivity contribution >= 4 is 52.8 Å². The zero-order valence-corrected chi connectivity index (χ0v) is 27.6. The van der Waals surface area contributed by atoms with Crippen molar-refractivity contribution in [1.82, 2.24) is 20.5 Å². The maximum atomic E-state index is 14.6. The molecule has 2 aromatic carbocycles. The molecule has 6 rings (SSSR count). The first-order chi connectivity index (χ1) is 22.5. The standard InChI is InChI=1S/C35H33ClN4O6S/c1-35(2,3)46-34(44)39-26-31(42)40-27(33(43)45-28(20-11-6-4-7-12-20)21-13-8-5-9-14-21)24(19-47-32(26)40)25(23-16-18-38-30(23)41)22-15-10-17-37-29(22)36/h4-15,17,26,28,32H,16,18-19H2,1-3H3,(H,38,41)(H,39,44)/t26-,32-/m1/s1. The van der Waals surface area contributed by atoms with Gasteiger partial charge in [-0.3, -0.25) is 14.5 Å². The van der Waals surface area contributed by atoms with Crippen molar-refractivity contribution in [2.24, 2.45) is 0 Å². The van der Waals surface area contributed by atoms with Crippen LogP contribution in [-0.4, -0.2) is 63.1 Å². The Morgan fingerprint density at radius 2 is 1.68 bits per heavy atom. The van der Waals surface area contributed by atoms with Crippen molar-refractivity contribution < 1.29 is 28.7 Å². The number of nitrogens with zero attached hydrogens (tertiary/aromatic N) is 2. The van der Waals surface area contributed by atoms with Gasteiger partial charge in [-0.25, -0.2) is 14.6 Å². The molecular weight excluding hydrogens is 640 g/mol. The fraction of sp³-hybridized carbons (Fsp3) is 0.286. The Bertz CT molecular complexity index is 1750. The molecule has 242 valence electrons. The number of hydrogen-bond acceptors (Lipinski definition) is 8. The number of thioether (sulfide) groups is 1. The summed E-state index contributed by atoms with van der Waals surface area (Å²) in [6, 6.07) is 21.1. The molecule has 47 heavy (non-hydrogen) atoms. The molecule has 3 aliphatic heterocycles. The molecule has 0 aliphatic carbocycles. The number of rotatable bonds is 7.